The van der Waals surface area contributed by atoms with Gasteiger partial charge in [0.15, 0.2) is 0 Å². The van der Waals surface area contributed by atoms with E-state index in [9.17, 15) is 8.42 Å². The molecular formula is C20H27ClN4O3S. The van der Waals surface area contributed by atoms with Crippen LogP contribution in [0.25, 0.3) is 11.4 Å². The first-order valence-corrected chi connectivity index (χ1v) is 11.9. The quantitative estimate of drug-likeness (QED) is 0.654. The van der Waals surface area contributed by atoms with Crippen molar-refractivity contribution < 1.29 is 12.9 Å². The second kappa shape index (κ2) is 7.98. The van der Waals surface area contributed by atoms with Crippen molar-refractivity contribution >= 4 is 21.8 Å². The average Bonchev–Trinajstić information content (AvgIpc) is 3.17. The molecule has 29 heavy (non-hydrogen) atoms. The van der Waals surface area contributed by atoms with Crippen LogP contribution in [0.3, 0.4) is 0 Å². The van der Waals surface area contributed by atoms with Crippen molar-refractivity contribution in [3.05, 3.63) is 35.2 Å². The van der Waals surface area contributed by atoms with Gasteiger partial charge in [0.2, 0.25) is 11.7 Å². The number of rotatable bonds is 7. The summed E-state index contributed by atoms with van der Waals surface area (Å²) in [6.07, 6.45) is 4.48. The van der Waals surface area contributed by atoms with Gasteiger partial charge in [-0.2, -0.15) is 22.0 Å². The standard InChI is InChI=1S/C20H27ClN4O3S/c1-3-4-10-24(2)29(26,27)25-11-8-20(9-12-25)14-17(20)19-22-18(23-28-19)15-6-5-7-16(21)13-15/h5-7,13,17H,3-4,8-12,14H2,1-2H3/t17-/m1/s1. The Morgan fingerprint density at radius 1 is 1.34 bits per heavy atom. The molecule has 0 bridgehead atoms. The van der Waals surface area contributed by atoms with Crippen LogP contribution in [0, 0.1) is 5.41 Å². The Morgan fingerprint density at radius 3 is 2.79 bits per heavy atom. The fraction of sp³-hybridized carbons (Fsp3) is 0.600. The van der Waals surface area contributed by atoms with Crippen molar-refractivity contribution in [2.75, 3.05) is 26.7 Å². The van der Waals surface area contributed by atoms with Crippen LogP contribution in [0.15, 0.2) is 28.8 Å². The zero-order valence-corrected chi connectivity index (χ0v) is 18.4. The molecular weight excluding hydrogens is 412 g/mol. The van der Waals surface area contributed by atoms with E-state index in [0.717, 1.165) is 37.7 Å². The van der Waals surface area contributed by atoms with Gasteiger partial charge in [-0.1, -0.05) is 42.2 Å². The summed E-state index contributed by atoms with van der Waals surface area (Å²) >= 11 is 6.05. The lowest BCUT2D eigenvalue weighted by atomic mass is 9.92. The Kier molecular flexibility index (Phi) is 5.72. The minimum absolute atomic E-state index is 0.0894. The van der Waals surface area contributed by atoms with Gasteiger partial charge >= 0.3 is 0 Å². The third-order valence-corrected chi connectivity index (χ3v) is 8.50. The summed E-state index contributed by atoms with van der Waals surface area (Å²) in [6, 6.07) is 7.39. The van der Waals surface area contributed by atoms with Gasteiger partial charge in [-0.05, 0) is 43.2 Å². The smallest absolute Gasteiger partial charge is 0.281 e. The molecule has 9 heteroatoms. The Hall–Kier alpha value is -1.48. The third kappa shape index (κ3) is 4.08. The summed E-state index contributed by atoms with van der Waals surface area (Å²) in [7, 11) is -1.70. The number of hydrogen-bond donors (Lipinski definition) is 0. The number of aromatic nitrogens is 2. The van der Waals surface area contributed by atoms with Gasteiger partial charge in [0.05, 0.1) is 0 Å². The van der Waals surface area contributed by atoms with Gasteiger partial charge in [0.25, 0.3) is 10.2 Å². The van der Waals surface area contributed by atoms with Crippen molar-refractivity contribution in [2.24, 2.45) is 5.41 Å². The first kappa shape index (κ1) is 20.8. The van der Waals surface area contributed by atoms with E-state index in [1.165, 1.54) is 4.31 Å². The molecule has 1 saturated carbocycles. The fourth-order valence-electron chi connectivity index (χ4n) is 4.23. The highest BCUT2D eigenvalue weighted by Crippen LogP contribution is 2.64. The van der Waals surface area contributed by atoms with Crippen molar-refractivity contribution in [2.45, 2.75) is 44.9 Å². The largest absolute Gasteiger partial charge is 0.339 e. The third-order valence-electron chi connectivity index (χ3n) is 6.28. The molecule has 1 spiro atoms. The summed E-state index contributed by atoms with van der Waals surface area (Å²) < 4.78 is 34.2. The Labute approximate surface area is 177 Å². The second-order valence-electron chi connectivity index (χ2n) is 8.17. The monoisotopic (exact) mass is 438 g/mol. The first-order valence-electron chi connectivity index (χ1n) is 10.2. The Bertz CT molecular complexity index is 970. The number of piperidine rings is 1. The molecule has 1 aliphatic heterocycles. The SMILES string of the molecule is CCCCN(C)S(=O)(=O)N1CCC2(CC1)C[C@@H]2c1nc(-c2cccc(Cl)c2)no1. The van der Waals surface area contributed by atoms with Crippen LogP contribution in [0.1, 0.15) is 50.8 Å². The molecule has 2 fully saturated rings. The fourth-order valence-corrected chi connectivity index (χ4v) is 5.81. The van der Waals surface area contributed by atoms with E-state index in [-0.39, 0.29) is 11.3 Å². The number of halogens is 1. The molecule has 1 aliphatic carbocycles. The lowest BCUT2D eigenvalue weighted by molar-refractivity contribution is 0.231. The highest BCUT2D eigenvalue weighted by atomic mass is 35.5. The van der Waals surface area contributed by atoms with Gasteiger partial charge in [-0.3, -0.25) is 0 Å². The maximum Gasteiger partial charge on any atom is 0.281 e. The molecule has 0 amide bonds. The zero-order valence-electron chi connectivity index (χ0n) is 16.8. The molecule has 158 valence electrons. The molecule has 0 radical (unpaired) electrons. The molecule has 0 N–H and O–H groups in total. The summed E-state index contributed by atoms with van der Waals surface area (Å²) in [5, 5.41) is 4.75. The normalized spacial score (nSPS) is 21.7. The molecule has 1 aromatic heterocycles. The summed E-state index contributed by atoms with van der Waals surface area (Å²) in [4.78, 5) is 4.59. The molecule has 2 heterocycles. The Balaban J connectivity index is 1.39. The molecule has 7 nitrogen and oxygen atoms in total. The Morgan fingerprint density at radius 2 is 2.10 bits per heavy atom. The van der Waals surface area contributed by atoms with Crippen LogP contribution in [0.2, 0.25) is 5.02 Å². The maximum absolute atomic E-state index is 12.8. The highest BCUT2D eigenvalue weighted by Gasteiger charge is 2.59. The van der Waals surface area contributed by atoms with Crippen molar-refractivity contribution in [1.29, 1.82) is 0 Å². The van der Waals surface area contributed by atoms with Crippen LogP contribution in [0.4, 0.5) is 0 Å². The molecule has 1 atom stereocenters. The van der Waals surface area contributed by atoms with E-state index in [4.69, 9.17) is 16.1 Å². The van der Waals surface area contributed by atoms with Crippen molar-refractivity contribution in [3.8, 4) is 11.4 Å². The van der Waals surface area contributed by atoms with E-state index in [0.29, 0.717) is 36.4 Å². The summed E-state index contributed by atoms with van der Waals surface area (Å²) in [5.74, 6) is 1.41. The second-order valence-corrected chi connectivity index (χ2v) is 10.6. The van der Waals surface area contributed by atoms with Crippen LogP contribution in [-0.2, 0) is 10.2 Å². The molecule has 2 aliphatic rings. The van der Waals surface area contributed by atoms with Crippen LogP contribution in [0.5, 0.6) is 0 Å². The highest BCUT2D eigenvalue weighted by molar-refractivity contribution is 7.86. The summed E-state index contributed by atoms with van der Waals surface area (Å²) in [6.45, 7) is 3.72. The maximum atomic E-state index is 12.8. The van der Waals surface area contributed by atoms with Crippen molar-refractivity contribution in [1.82, 2.24) is 18.8 Å². The minimum Gasteiger partial charge on any atom is -0.339 e. The average molecular weight is 439 g/mol. The molecule has 1 saturated heterocycles. The van der Waals surface area contributed by atoms with E-state index >= 15 is 0 Å². The molecule has 1 aromatic carbocycles. The molecule has 4 rings (SSSR count). The van der Waals surface area contributed by atoms with E-state index in [1.54, 1.807) is 11.4 Å². The molecule has 2 aromatic rings. The lowest BCUT2D eigenvalue weighted by Gasteiger charge is -2.34. The molecule has 0 unspecified atom stereocenters. The van der Waals surface area contributed by atoms with Crippen LogP contribution in [-0.4, -0.2) is 53.9 Å². The predicted octanol–water partition coefficient (Wildman–Crippen LogP) is 3.94. The van der Waals surface area contributed by atoms with E-state index in [1.807, 2.05) is 24.3 Å². The van der Waals surface area contributed by atoms with Crippen LogP contribution < -0.4 is 0 Å². The van der Waals surface area contributed by atoms with Gasteiger partial charge in [-0.25, -0.2) is 0 Å². The van der Waals surface area contributed by atoms with E-state index < -0.39 is 10.2 Å². The lowest BCUT2D eigenvalue weighted by Crippen LogP contribution is -2.46. The van der Waals surface area contributed by atoms with Crippen molar-refractivity contribution in [3.63, 3.8) is 0 Å². The van der Waals surface area contributed by atoms with E-state index in [2.05, 4.69) is 17.1 Å². The predicted molar refractivity (Wildman–Crippen MR) is 112 cm³/mol. The number of unbranched alkanes of at least 4 members (excludes halogenated alkanes) is 1. The topological polar surface area (TPSA) is 79.5 Å². The summed E-state index contributed by atoms with van der Waals surface area (Å²) in [5.41, 5.74) is 0.921. The van der Waals surface area contributed by atoms with Gasteiger partial charge in [0.1, 0.15) is 0 Å². The minimum atomic E-state index is -3.37. The zero-order chi connectivity index (χ0) is 20.6. The van der Waals surface area contributed by atoms with Gasteiger partial charge in [-0.15, -0.1) is 0 Å². The van der Waals surface area contributed by atoms with Gasteiger partial charge in [0, 0.05) is 43.2 Å². The number of benzene rings is 1. The van der Waals surface area contributed by atoms with Gasteiger partial charge < -0.3 is 4.52 Å². The number of hydrogen-bond acceptors (Lipinski definition) is 5. The first-order chi connectivity index (χ1) is 13.9. The number of nitrogens with zero attached hydrogens (tertiary/aromatic N) is 4. The van der Waals surface area contributed by atoms with Crippen LogP contribution >= 0.6 is 11.6 Å².